The molecule has 2 heterocycles. The SMILES string of the molecule is Cc1cnc(-n2cc(Cl)cn2)c(N)c1. The second-order valence-electron chi connectivity index (χ2n) is 3.03. The van der Waals surface area contributed by atoms with Crippen molar-refractivity contribution in [3.63, 3.8) is 0 Å². The number of aryl methyl sites for hydroxylation is 1. The van der Waals surface area contributed by atoms with E-state index < -0.39 is 0 Å². The first-order valence-electron chi connectivity index (χ1n) is 4.09. The normalized spacial score (nSPS) is 10.4. The summed E-state index contributed by atoms with van der Waals surface area (Å²) in [6, 6.07) is 1.85. The van der Waals surface area contributed by atoms with Crippen molar-refractivity contribution in [2.45, 2.75) is 6.92 Å². The largest absolute Gasteiger partial charge is 0.396 e. The highest BCUT2D eigenvalue weighted by molar-refractivity contribution is 6.30. The van der Waals surface area contributed by atoms with Crippen LogP contribution in [0.2, 0.25) is 5.02 Å². The van der Waals surface area contributed by atoms with Crippen LogP contribution in [0, 0.1) is 6.92 Å². The molecule has 0 aliphatic rings. The summed E-state index contributed by atoms with van der Waals surface area (Å²) in [5.41, 5.74) is 7.40. The lowest BCUT2D eigenvalue weighted by Crippen LogP contribution is -2.03. The Morgan fingerprint density at radius 1 is 1.43 bits per heavy atom. The lowest BCUT2D eigenvalue weighted by Gasteiger charge is -2.04. The molecule has 0 aliphatic heterocycles. The van der Waals surface area contributed by atoms with Gasteiger partial charge in [0.05, 0.1) is 23.1 Å². The number of hydrogen-bond donors (Lipinski definition) is 1. The number of nitrogens with two attached hydrogens (primary N) is 1. The number of aromatic nitrogens is 3. The summed E-state index contributed by atoms with van der Waals surface area (Å²) in [5.74, 6) is 0.600. The molecule has 2 aromatic rings. The van der Waals surface area contributed by atoms with Crippen molar-refractivity contribution in [3.05, 3.63) is 35.2 Å². The van der Waals surface area contributed by atoms with Gasteiger partial charge in [-0.3, -0.25) is 0 Å². The first-order chi connectivity index (χ1) is 6.66. The molecule has 0 spiro atoms. The van der Waals surface area contributed by atoms with Gasteiger partial charge >= 0.3 is 0 Å². The molecular formula is C9H9ClN4. The molecule has 2 aromatic heterocycles. The van der Waals surface area contributed by atoms with Gasteiger partial charge in [-0.1, -0.05) is 11.6 Å². The Labute approximate surface area is 86.3 Å². The highest BCUT2D eigenvalue weighted by atomic mass is 35.5. The van der Waals surface area contributed by atoms with Crippen LogP contribution in [0.3, 0.4) is 0 Å². The maximum absolute atomic E-state index is 5.80. The van der Waals surface area contributed by atoms with Crippen LogP contribution in [0.15, 0.2) is 24.7 Å². The van der Waals surface area contributed by atoms with Crippen LogP contribution in [-0.4, -0.2) is 14.8 Å². The van der Waals surface area contributed by atoms with Crippen LogP contribution in [0.25, 0.3) is 5.82 Å². The Morgan fingerprint density at radius 3 is 2.79 bits per heavy atom. The molecule has 2 rings (SSSR count). The van der Waals surface area contributed by atoms with Gasteiger partial charge in [0.15, 0.2) is 5.82 Å². The molecule has 72 valence electrons. The fourth-order valence-electron chi connectivity index (χ4n) is 1.19. The topological polar surface area (TPSA) is 56.7 Å². The molecule has 2 N–H and O–H groups in total. The van der Waals surface area contributed by atoms with Gasteiger partial charge in [0, 0.05) is 6.20 Å². The molecule has 14 heavy (non-hydrogen) atoms. The zero-order valence-electron chi connectivity index (χ0n) is 7.61. The summed E-state index contributed by atoms with van der Waals surface area (Å²) in [4.78, 5) is 4.18. The molecule has 0 atom stereocenters. The van der Waals surface area contributed by atoms with Crippen molar-refractivity contribution in [1.82, 2.24) is 14.8 Å². The fourth-order valence-corrected chi connectivity index (χ4v) is 1.33. The second kappa shape index (κ2) is 3.31. The lowest BCUT2D eigenvalue weighted by atomic mass is 10.3. The van der Waals surface area contributed by atoms with Gasteiger partial charge in [-0.15, -0.1) is 0 Å². The third kappa shape index (κ3) is 1.56. The Bertz CT molecular complexity index is 464. The lowest BCUT2D eigenvalue weighted by molar-refractivity contribution is 0.848. The first kappa shape index (κ1) is 9.02. The van der Waals surface area contributed by atoms with Crippen LogP contribution in [0.5, 0.6) is 0 Å². The van der Waals surface area contributed by atoms with E-state index in [1.807, 2.05) is 13.0 Å². The average molecular weight is 209 g/mol. The van der Waals surface area contributed by atoms with E-state index in [2.05, 4.69) is 10.1 Å². The maximum atomic E-state index is 5.80. The van der Waals surface area contributed by atoms with E-state index >= 15 is 0 Å². The summed E-state index contributed by atoms with van der Waals surface area (Å²) >= 11 is 5.74. The van der Waals surface area contributed by atoms with Crippen LogP contribution in [0.1, 0.15) is 5.56 Å². The van der Waals surface area contributed by atoms with Crippen LogP contribution < -0.4 is 5.73 Å². The van der Waals surface area contributed by atoms with Gasteiger partial charge in [-0.25, -0.2) is 9.67 Å². The summed E-state index contributed by atoms with van der Waals surface area (Å²) in [5, 5.41) is 4.58. The van der Waals surface area contributed by atoms with Gasteiger partial charge in [0.1, 0.15) is 0 Å². The monoisotopic (exact) mass is 208 g/mol. The number of rotatable bonds is 1. The van der Waals surface area contributed by atoms with E-state index in [0.717, 1.165) is 5.56 Å². The zero-order valence-corrected chi connectivity index (χ0v) is 8.36. The van der Waals surface area contributed by atoms with Gasteiger partial charge in [0.2, 0.25) is 0 Å². The minimum atomic E-state index is 0.562. The number of halogens is 1. The second-order valence-corrected chi connectivity index (χ2v) is 3.47. The number of nitrogens with zero attached hydrogens (tertiary/aromatic N) is 3. The average Bonchev–Trinajstić information content (AvgIpc) is 2.51. The smallest absolute Gasteiger partial charge is 0.176 e. The molecule has 4 nitrogen and oxygen atoms in total. The Morgan fingerprint density at radius 2 is 2.21 bits per heavy atom. The third-order valence-electron chi connectivity index (χ3n) is 1.80. The highest BCUT2D eigenvalue weighted by Gasteiger charge is 2.04. The first-order valence-corrected chi connectivity index (χ1v) is 4.47. The quantitative estimate of drug-likeness (QED) is 0.778. The summed E-state index contributed by atoms with van der Waals surface area (Å²) in [7, 11) is 0. The van der Waals surface area contributed by atoms with Crippen molar-refractivity contribution in [2.24, 2.45) is 0 Å². The van der Waals surface area contributed by atoms with Crippen LogP contribution in [0.4, 0.5) is 5.69 Å². The molecule has 5 heteroatoms. The van der Waals surface area contributed by atoms with Gasteiger partial charge < -0.3 is 5.73 Å². The molecule has 0 unspecified atom stereocenters. The van der Waals surface area contributed by atoms with E-state index in [0.29, 0.717) is 16.5 Å². The molecule has 0 bridgehead atoms. The molecule has 0 aromatic carbocycles. The zero-order chi connectivity index (χ0) is 10.1. The minimum Gasteiger partial charge on any atom is -0.396 e. The number of pyridine rings is 1. The van der Waals surface area contributed by atoms with Gasteiger partial charge in [-0.2, -0.15) is 5.10 Å². The molecule has 0 amide bonds. The Balaban J connectivity index is 2.52. The summed E-state index contributed by atoms with van der Waals surface area (Å²) in [6.45, 7) is 1.93. The van der Waals surface area contributed by atoms with Crippen molar-refractivity contribution in [1.29, 1.82) is 0 Å². The number of hydrogen-bond acceptors (Lipinski definition) is 3. The highest BCUT2D eigenvalue weighted by Crippen LogP contribution is 2.16. The van der Waals surface area contributed by atoms with E-state index in [1.165, 1.54) is 0 Å². The number of anilines is 1. The van der Waals surface area contributed by atoms with Crippen LogP contribution >= 0.6 is 11.6 Å². The standard InChI is InChI=1S/C9H9ClN4/c1-6-2-8(11)9(12-3-6)14-5-7(10)4-13-14/h2-5H,11H2,1H3. The van der Waals surface area contributed by atoms with Gasteiger partial charge in [0.25, 0.3) is 0 Å². The molecular weight excluding hydrogens is 200 g/mol. The van der Waals surface area contributed by atoms with E-state index in [1.54, 1.807) is 23.3 Å². The van der Waals surface area contributed by atoms with Gasteiger partial charge in [-0.05, 0) is 18.6 Å². The van der Waals surface area contributed by atoms with E-state index in [9.17, 15) is 0 Å². The van der Waals surface area contributed by atoms with Crippen molar-refractivity contribution >= 4 is 17.3 Å². The molecule has 0 aliphatic carbocycles. The maximum Gasteiger partial charge on any atom is 0.176 e. The molecule has 0 radical (unpaired) electrons. The molecule has 0 fully saturated rings. The van der Waals surface area contributed by atoms with Crippen molar-refractivity contribution in [3.8, 4) is 5.82 Å². The minimum absolute atomic E-state index is 0.562. The molecule has 0 saturated carbocycles. The summed E-state index contributed by atoms with van der Waals surface area (Å²) < 4.78 is 1.55. The third-order valence-corrected chi connectivity index (χ3v) is 2.00. The summed E-state index contributed by atoms with van der Waals surface area (Å²) in [6.07, 6.45) is 4.94. The van der Waals surface area contributed by atoms with Crippen molar-refractivity contribution < 1.29 is 0 Å². The van der Waals surface area contributed by atoms with E-state index in [-0.39, 0.29) is 0 Å². The van der Waals surface area contributed by atoms with E-state index in [4.69, 9.17) is 17.3 Å². The Kier molecular flexibility index (Phi) is 2.13. The predicted octanol–water partition coefficient (Wildman–Crippen LogP) is 1.81. The van der Waals surface area contributed by atoms with Crippen LogP contribution in [-0.2, 0) is 0 Å². The Hall–Kier alpha value is -1.55. The number of nitrogen functional groups attached to an aromatic ring is 1. The predicted molar refractivity (Wildman–Crippen MR) is 55.5 cm³/mol. The van der Waals surface area contributed by atoms with Crippen molar-refractivity contribution in [2.75, 3.05) is 5.73 Å². The fraction of sp³-hybridized carbons (Fsp3) is 0.111. The molecule has 0 saturated heterocycles.